The molecule has 0 bridgehead atoms. The summed E-state index contributed by atoms with van der Waals surface area (Å²) < 4.78 is 16.8. The van der Waals surface area contributed by atoms with Crippen molar-refractivity contribution in [3.05, 3.63) is 60.0 Å². The number of rotatable bonds is 8. The van der Waals surface area contributed by atoms with Crippen LogP contribution in [0.1, 0.15) is 11.1 Å². The standard InChI is InChI=1S/C24H25N5O3/c1-15-10-17(11-16(2)22(15)32-9-8-27-24-25-6-5-7-26-24)23-28-14-19-20(29-23)12-18(30-3)13-21(19)31-4/h5-7,10-14H,8-9H2,1-4H3,(H,25,26,27). The first-order chi connectivity index (χ1) is 15.6. The van der Waals surface area contributed by atoms with Gasteiger partial charge in [0.25, 0.3) is 0 Å². The number of aryl methyl sites for hydroxylation is 2. The largest absolute Gasteiger partial charge is 0.497 e. The van der Waals surface area contributed by atoms with E-state index in [9.17, 15) is 0 Å². The Morgan fingerprint density at radius 1 is 0.906 bits per heavy atom. The fourth-order valence-corrected chi connectivity index (χ4v) is 3.52. The van der Waals surface area contributed by atoms with Crippen LogP contribution in [-0.2, 0) is 0 Å². The zero-order chi connectivity index (χ0) is 22.5. The second kappa shape index (κ2) is 9.47. The summed E-state index contributed by atoms with van der Waals surface area (Å²) in [6, 6.07) is 9.56. The van der Waals surface area contributed by atoms with Crippen molar-refractivity contribution >= 4 is 16.9 Å². The van der Waals surface area contributed by atoms with Crippen LogP contribution in [0.15, 0.2) is 48.9 Å². The molecule has 0 fully saturated rings. The number of ether oxygens (including phenoxy) is 3. The third-order valence-corrected chi connectivity index (χ3v) is 5.01. The lowest BCUT2D eigenvalue weighted by atomic mass is 10.0. The van der Waals surface area contributed by atoms with E-state index in [-0.39, 0.29) is 0 Å². The molecule has 0 atom stereocenters. The van der Waals surface area contributed by atoms with E-state index < -0.39 is 0 Å². The van der Waals surface area contributed by atoms with E-state index in [4.69, 9.17) is 19.2 Å². The van der Waals surface area contributed by atoms with Gasteiger partial charge in [0, 0.05) is 36.3 Å². The molecule has 0 aliphatic rings. The van der Waals surface area contributed by atoms with Crippen molar-refractivity contribution in [3.63, 3.8) is 0 Å². The SMILES string of the molecule is COc1cc(OC)c2cnc(-c3cc(C)c(OCCNc4ncccn4)c(C)c3)nc2c1. The third-order valence-electron chi connectivity index (χ3n) is 5.01. The minimum Gasteiger partial charge on any atom is -0.497 e. The zero-order valence-corrected chi connectivity index (χ0v) is 18.5. The van der Waals surface area contributed by atoms with Gasteiger partial charge in [-0.2, -0.15) is 0 Å². The third kappa shape index (κ3) is 4.54. The molecule has 0 saturated heterocycles. The molecular weight excluding hydrogens is 406 g/mol. The Bertz CT molecular complexity index is 1210. The first-order valence-corrected chi connectivity index (χ1v) is 10.2. The number of nitrogens with one attached hydrogen (secondary N) is 1. The van der Waals surface area contributed by atoms with Gasteiger partial charge in [-0.1, -0.05) is 0 Å². The Hall–Kier alpha value is -3.94. The second-order valence-electron chi connectivity index (χ2n) is 7.24. The molecule has 0 saturated carbocycles. The van der Waals surface area contributed by atoms with Gasteiger partial charge in [-0.05, 0) is 43.2 Å². The summed E-state index contributed by atoms with van der Waals surface area (Å²) in [6.45, 7) is 5.13. The molecular formula is C24H25N5O3. The quantitative estimate of drug-likeness (QED) is 0.415. The number of aromatic nitrogens is 4. The Morgan fingerprint density at radius 3 is 2.34 bits per heavy atom. The van der Waals surface area contributed by atoms with Gasteiger partial charge < -0.3 is 19.5 Å². The predicted molar refractivity (Wildman–Crippen MR) is 124 cm³/mol. The van der Waals surface area contributed by atoms with Crippen LogP contribution in [0.2, 0.25) is 0 Å². The molecule has 0 amide bonds. The molecule has 0 spiro atoms. The fraction of sp³-hybridized carbons (Fsp3) is 0.250. The molecule has 8 heteroatoms. The minimum absolute atomic E-state index is 0.491. The van der Waals surface area contributed by atoms with Crippen molar-refractivity contribution in [2.24, 2.45) is 0 Å². The van der Waals surface area contributed by atoms with Crippen LogP contribution in [0, 0.1) is 13.8 Å². The van der Waals surface area contributed by atoms with E-state index in [0.29, 0.717) is 36.4 Å². The van der Waals surface area contributed by atoms with Crippen LogP contribution in [0.4, 0.5) is 5.95 Å². The van der Waals surface area contributed by atoms with Gasteiger partial charge in [0.15, 0.2) is 5.82 Å². The van der Waals surface area contributed by atoms with Gasteiger partial charge in [-0.15, -0.1) is 0 Å². The molecule has 32 heavy (non-hydrogen) atoms. The van der Waals surface area contributed by atoms with Crippen LogP contribution in [0.25, 0.3) is 22.3 Å². The molecule has 0 radical (unpaired) electrons. The van der Waals surface area contributed by atoms with E-state index in [1.165, 1.54) is 0 Å². The molecule has 164 valence electrons. The highest BCUT2D eigenvalue weighted by Gasteiger charge is 2.13. The smallest absolute Gasteiger partial charge is 0.222 e. The number of anilines is 1. The Labute approximate surface area is 186 Å². The molecule has 4 rings (SSSR count). The number of methoxy groups -OCH3 is 2. The fourth-order valence-electron chi connectivity index (χ4n) is 3.52. The lowest BCUT2D eigenvalue weighted by molar-refractivity contribution is 0.328. The van der Waals surface area contributed by atoms with Gasteiger partial charge in [0.05, 0.1) is 31.7 Å². The molecule has 0 aliphatic carbocycles. The minimum atomic E-state index is 0.491. The average Bonchev–Trinajstić information content (AvgIpc) is 2.82. The maximum Gasteiger partial charge on any atom is 0.222 e. The van der Waals surface area contributed by atoms with Crippen molar-refractivity contribution in [1.82, 2.24) is 19.9 Å². The molecule has 2 aromatic heterocycles. The van der Waals surface area contributed by atoms with Crippen LogP contribution >= 0.6 is 0 Å². The second-order valence-corrected chi connectivity index (χ2v) is 7.24. The summed E-state index contributed by atoms with van der Waals surface area (Å²) in [6.07, 6.45) is 5.18. The highest BCUT2D eigenvalue weighted by atomic mass is 16.5. The summed E-state index contributed by atoms with van der Waals surface area (Å²) in [5.41, 5.74) is 3.72. The van der Waals surface area contributed by atoms with Gasteiger partial charge in [-0.3, -0.25) is 0 Å². The summed E-state index contributed by atoms with van der Waals surface area (Å²) in [7, 11) is 3.24. The monoisotopic (exact) mass is 431 g/mol. The van der Waals surface area contributed by atoms with E-state index in [0.717, 1.165) is 33.3 Å². The molecule has 2 aromatic carbocycles. The Kier molecular flexibility index (Phi) is 6.30. The first-order valence-electron chi connectivity index (χ1n) is 10.2. The van der Waals surface area contributed by atoms with Crippen LogP contribution < -0.4 is 19.5 Å². The van der Waals surface area contributed by atoms with E-state index >= 15 is 0 Å². The lowest BCUT2D eigenvalue weighted by Gasteiger charge is -2.14. The first kappa shape index (κ1) is 21.3. The van der Waals surface area contributed by atoms with Gasteiger partial charge >= 0.3 is 0 Å². The number of fused-ring (bicyclic) bond motifs is 1. The van der Waals surface area contributed by atoms with Crippen molar-refractivity contribution < 1.29 is 14.2 Å². The maximum atomic E-state index is 6.02. The van der Waals surface area contributed by atoms with E-state index in [1.807, 2.05) is 38.1 Å². The van der Waals surface area contributed by atoms with Gasteiger partial charge in [0.2, 0.25) is 5.95 Å². The van der Waals surface area contributed by atoms with Crippen LogP contribution in [-0.4, -0.2) is 47.3 Å². The summed E-state index contributed by atoms with van der Waals surface area (Å²) in [5, 5.41) is 3.97. The maximum absolute atomic E-state index is 6.02. The Morgan fingerprint density at radius 2 is 1.66 bits per heavy atom. The van der Waals surface area contributed by atoms with Crippen molar-refractivity contribution in [1.29, 1.82) is 0 Å². The van der Waals surface area contributed by atoms with Crippen molar-refractivity contribution in [3.8, 4) is 28.6 Å². The average molecular weight is 431 g/mol. The molecule has 8 nitrogen and oxygen atoms in total. The van der Waals surface area contributed by atoms with Crippen LogP contribution in [0.3, 0.4) is 0 Å². The number of benzene rings is 2. The highest BCUT2D eigenvalue weighted by molar-refractivity contribution is 5.87. The zero-order valence-electron chi connectivity index (χ0n) is 18.5. The molecule has 2 heterocycles. The van der Waals surface area contributed by atoms with Gasteiger partial charge in [0.1, 0.15) is 23.9 Å². The normalized spacial score (nSPS) is 10.8. The molecule has 4 aromatic rings. The predicted octanol–water partition coefficient (Wildman–Crippen LogP) is 4.21. The highest BCUT2D eigenvalue weighted by Crippen LogP contribution is 2.33. The van der Waals surface area contributed by atoms with Crippen molar-refractivity contribution in [2.75, 3.05) is 32.7 Å². The van der Waals surface area contributed by atoms with Crippen molar-refractivity contribution in [2.45, 2.75) is 13.8 Å². The lowest BCUT2D eigenvalue weighted by Crippen LogP contribution is -2.14. The molecule has 1 N–H and O–H groups in total. The van der Waals surface area contributed by atoms with E-state index in [1.54, 1.807) is 38.9 Å². The molecule has 0 aliphatic heterocycles. The van der Waals surface area contributed by atoms with Crippen LogP contribution in [0.5, 0.6) is 17.2 Å². The molecule has 0 unspecified atom stereocenters. The Balaban J connectivity index is 1.54. The number of hydrogen-bond acceptors (Lipinski definition) is 8. The number of nitrogens with zero attached hydrogens (tertiary/aromatic N) is 4. The summed E-state index contributed by atoms with van der Waals surface area (Å²) in [4.78, 5) is 17.6. The number of hydrogen-bond donors (Lipinski definition) is 1. The summed E-state index contributed by atoms with van der Waals surface area (Å²) in [5.74, 6) is 3.44. The van der Waals surface area contributed by atoms with Gasteiger partial charge in [-0.25, -0.2) is 19.9 Å². The van der Waals surface area contributed by atoms with E-state index in [2.05, 4.69) is 20.3 Å². The topological polar surface area (TPSA) is 91.3 Å². The summed E-state index contributed by atoms with van der Waals surface area (Å²) >= 11 is 0.